The first-order valence-corrected chi connectivity index (χ1v) is 6.67. The van der Waals surface area contributed by atoms with Crippen LogP contribution in [0.15, 0.2) is 12.4 Å². The van der Waals surface area contributed by atoms with Crippen molar-refractivity contribution in [2.24, 2.45) is 7.05 Å². The third kappa shape index (κ3) is 6.74. The Balaban J connectivity index is 1.98. The fraction of sp³-hybridized carbons (Fsp3) is 0.769. The molecule has 5 heteroatoms. The van der Waals surface area contributed by atoms with Crippen molar-refractivity contribution in [1.29, 1.82) is 0 Å². The van der Waals surface area contributed by atoms with Crippen LogP contribution in [0.2, 0.25) is 0 Å². The van der Waals surface area contributed by atoms with Crippen LogP contribution in [0.4, 0.5) is 0 Å². The van der Waals surface area contributed by atoms with Gasteiger partial charge < -0.3 is 15.0 Å². The zero-order chi connectivity index (χ0) is 13.2. The van der Waals surface area contributed by atoms with E-state index in [0.29, 0.717) is 0 Å². The van der Waals surface area contributed by atoms with Gasteiger partial charge in [0.1, 0.15) is 0 Å². The Bertz CT molecular complexity index is 314. The standard InChI is InChI=1S/C13H26N4O/c1-4-18-9-5-6-14-7-8-16(2)11-13-10-15-17(3)12-13/h10,12,14H,4-9,11H2,1-3H3. The summed E-state index contributed by atoms with van der Waals surface area (Å²) in [6.07, 6.45) is 5.07. The highest BCUT2D eigenvalue weighted by Crippen LogP contribution is 1.99. The van der Waals surface area contributed by atoms with Crippen LogP contribution in [0.1, 0.15) is 18.9 Å². The minimum absolute atomic E-state index is 0.813. The van der Waals surface area contributed by atoms with E-state index < -0.39 is 0 Å². The smallest absolute Gasteiger partial charge is 0.0534 e. The normalized spacial score (nSPS) is 11.3. The predicted molar refractivity (Wildman–Crippen MR) is 73.5 cm³/mol. The number of hydrogen-bond acceptors (Lipinski definition) is 4. The molecule has 0 aliphatic carbocycles. The van der Waals surface area contributed by atoms with Crippen LogP contribution in [0.25, 0.3) is 0 Å². The molecule has 1 heterocycles. The second-order valence-electron chi connectivity index (χ2n) is 4.56. The topological polar surface area (TPSA) is 42.3 Å². The van der Waals surface area contributed by atoms with Gasteiger partial charge in [-0.2, -0.15) is 5.10 Å². The van der Waals surface area contributed by atoms with E-state index in [4.69, 9.17) is 4.74 Å². The second kappa shape index (κ2) is 9.08. The van der Waals surface area contributed by atoms with E-state index >= 15 is 0 Å². The molecule has 0 aliphatic heterocycles. The number of hydrogen-bond donors (Lipinski definition) is 1. The van der Waals surface area contributed by atoms with Gasteiger partial charge in [-0.3, -0.25) is 4.68 Å². The van der Waals surface area contributed by atoms with Gasteiger partial charge in [0.05, 0.1) is 6.20 Å². The molecule has 18 heavy (non-hydrogen) atoms. The molecule has 0 bridgehead atoms. The number of rotatable bonds is 10. The molecule has 1 N–H and O–H groups in total. The second-order valence-corrected chi connectivity index (χ2v) is 4.56. The predicted octanol–water partition coefficient (Wildman–Crippen LogP) is 0.868. The first kappa shape index (κ1) is 15.1. The lowest BCUT2D eigenvalue weighted by Crippen LogP contribution is -2.29. The summed E-state index contributed by atoms with van der Waals surface area (Å²) in [7, 11) is 4.08. The first-order valence-electron chi connectivity index (χ1n) is 6.67. The molecular weight excluding hydrogens is 228 g/mol. The minimum Gasteiger partial charge on any atom is -0.382 e. The molecule has 1 aromatic rings. The van der Waals surface area contributed by atoms with Crippen LogP contribution in [-0.4, -0.2) is 54.6 Å². The van der Waals surface area contributed by atoms with E-state index in [0.717, 1.165) is 45.8 Å². The van der Waals surface area contributed by atoms with Gasteiger partial charge in [-0.05, 0) is 26.9 Å². The van der Waals surface area contributed by atoms with Gasteiger partial charge in [-0.1, -0.05) is 0 Å². The first-order chi connectivity index (χ1) is 8.72. The molecule has 0 fully saturated rings. The van der Waals surface area contributed by atoms with Crippen LogP contribution in [0, 0.1) is 0 Å². The average molecular weight is 254 g/mol. The van der Waals surface area contributed by atoms with E-state index in [1.807, 2.05) is 24.9 Å². The fourth-order valence-electron chi connectivity index (χ4n) is 1.78. The molecule has 0 radical (unpaired) electrons. The largest absolute Gasteiger partial charge is 0.382 e. The Labute approximate surface area is 110 Å². The molecule has 0 aliphatic rings. The molecule has 1 aromatic heterocycles. The molecule has 0 spiro atoms. The van der Waals surface area contributed by atoms with Gasteiger partial charge in [0, 0.05) is 51.7 Å². The zero-order valence-corrected chi connectivity index (χ0v) is 11.9. The summed E-state index contributed by atoms with van der Waals surface area (Å²) in [4.78, 5) is 2.30. The third-order valence-corrected chi connectivity index (χ3v) is 2.73. The van der Waals surface area contributed by atoms with Crippen molar-refractivity contribution in [2.75, 3.05) is 39.9 Å². The summed E-state index contributed by atoms with van der Waals surface area (Å²) in [6.45, 7) is 7.74. The summed E-state index contributed by atoms with van der Waals surface area (Å²) < 4.78 is 7.13. The average Bonchev–Trinajstić information content (AvgIpc) is 2.73. The maximum absolute atomic E-state index is 5.28. The van der Waals surface area contributed by atoms with Gasteiger partial charge in [0.2, 0.25) is 0 Å². The van der Waals surface area contributed by atoms with Crippen molar-refractivity contribution in [1.82, 2.24) is 20.0 Å². The van der Waals surface area contributed by atoms with Crippen molar-refractivity contribution >= 4 is 0 Å². The molecular formula is C13H26N4O. The Morgan fingerprint density at radius 1 is 1.44 bits per heavy atom. The van der Waals surface area contributed by atoms with E-state index in [2.05, 4.69) is 28.6 Å². The van der Waals surface area contributed by atoms with Gasteiger partial charge in [0.15, 0.2) is 0 Å². The maximum Gasteiger partial charge on any atom is 0.0534 e. The highest BCUT2D eigenvalue weighted by molar-refractivity contribution is 5.02. The summed E-state index contributed by atoms with van der Waals surface area (Å²) >= 11 is 0. The molecule has 0 saturated carbocycles. The highest BCUT2D eigenvalue weighted by Gasteiger charge is 2.01. The van der Waals surface area contributed by atoms with Crippen molar-refractivity contribution in [3.63, 3.8) is 0 Å². The number of aryl methyl sites for hydroxylation is 1. The van der Waals surface area contributed by atoms with Crippen LogP contribution < -0.4 is 5.32 Å². The SMILES string of the molecule is CCOCCCNCCN(C)Cc1cnn(C)c1. The fourth-order valence-corrected chi connectivity index (χ4v) is 1.78. The molecule has 0 unspecified atom stereocenters. The Morgan fingerprint density at radius 2 is 2.28 bits per heavy atom. The molecule has 0 atom stereocenters. The van der Waals surface area contributed by atoms with E-state index in [1.54, 1.807) is 0 Å². The molecule has 0 aromatic carbocycles. The minimum atomic E-state index is 0.813. The van der Waals surface area contributed by atoms with E-state index in [-0.39, 0.29) is 0 Å². The van der Waals surface area contributed by atoms with E-state index in [9.17, 15) is 0 Å². The Kier molecular flexibility index (Phi) is 7.64. The van der Waals surface area contributed by atoms with Crippen LogP contribution >= 0.6 is 0 Å². The van der Waals surface area contributed by atoms with Gasteiger partial charge in [-0.25, -0.2) is 0 Å². The zero-order valence-electron chi connectivity index (χ0n) is 11.9. The monoisotopic (exact) mass is 254 g/mol. The Hall–Kier alpha value is -0.910. The van der Waals surface area contributed by atoms with Crippen molar-refractivity contribution < 1.29 is 4.74 Å². The molecule has 5 nitrogen and oxygen atoms in total. The lowest BCUT2D eigenvalue weighted by Gasteiger charge is -2.15. The summed E-state index contributed by atoms with van der Waals surface area (Å²) in [5.74, 6) is 0. The van der Waals surface area contributed by atoms with Crippen molar-refractivity contribution in [2.45, 2.75) is 19.9 Å². The van der Waals surface area contributed by atoms with Gasteiger partial charge >= 0.3 is 0 Å². The Morgan fingerprint density at radius 3 is 2.94 bits per heavy atom. The van der Waals surface area contributed by atoms with E-state index in [1.165, 1.54) is 5.56 Å². The molecule has 1 rings (SSSR count). The third-order valence-electron chi connectivity index (χ3n) is 2.73. The van der Waals surface area contributed by atoms with Crippen molar-refractivity contribution in [3.8, 4) is 0 Å². The van der Waals surface area contributed by atoms with Crippen molar-refractivity contribution in [3.05, 3.63) is 18.0 Å². The number of aromatic nitrogens is 2. The number of nitrogens with one attached hydrogen (secondary N) is 1. The number of nitrogens with zero attached hydrogens (tertiary/aromatic N) is 3. The lowest BCUT2D eigenvalue weighted by atomic mass is 10.3. The number of likely N-dealkylation sites (N-methyl/N-ethyl adjacent to an activating group) is 1. The van der Waals surface area contributed by atoms with Gasteiger partial charge in [-0.15, -0.1) is 0 Å². The summed E-state index contributed by atoms with van der Waals surface area (Å²) in [5, 5.41) is 7.59. The molecule has 104 valence electrons. The molecule has 0 amide bonds. The highest BCUT2D eigenvalue weighted by atomic mass is 16.5. The molecule has 0 saturated heterocycles. The maximum atomic E-state index is 5.28. The van der Waals surface area contributed by atoms with Crippen LogP contribution in [0.3, 0.4) is 0 Å². The van der Waals surface area contributed by atoms with Crippen LogP contribution in [0.5, 0.6) is 0 Å². The summed E-state index contributed by atoms with van der Waals surface area (Å²) in [6, 6.07) is 0. The van der Waals surface area contributed by atoms with Gasteiger partial charge in [0.25, 0.3) is 0 Å². The lowest BCUT2D eigenvalue weighted by molar-refractivity contribution is 0.144. The van der Waals surface area contributed by atoms with Crippen LogP contribution in [-0.2, 0) is 18.3 Å². The summed E-state index contributed by atoms with van der Waals surface area (Å²) in [5.41, 5.74) is 1.26. The number of ether oxygens (including phenoxy) is 1. The quantitative estimate of drug-likeness (QED) is 0.629.